The average molecular weight is 431 g/mol. The van der Waals surface area contributed by atoms with Crippen LogP contribution < -0.4 is 5.32 Å². The Morgan fingerprint density at radius 2 is 1.80 bits per heavy atom. The number of carbonyl (C=O) groups is 2. The van der Waals surface area contributed by atoms with E-state index in [2.05, 4.69) is 5.32 Å². The summed E-state index contributed by atoms with van der Waals surface area (Å²) in [5, 5.41) is 2.70. The highest BCUT2D eigenvalue weighted by Crippen LogP contribution is 2.36. The minimum Gasteiger partial charge on any atom is -0.466 e. The lowest BCUT2D eigenvalue weighted by atomic mass is 9.92. The van der Waals surface area contributed by atoms with Crippen LogP contribution in [0.3, 0.4) is 0 Å². The molecule has 30 heavy (non-hydrogen) atoms. The molecule has 2 aromatic carbocycles. The van der Waals surface area contributed by atoms with Crippen molar-refractivity contribution < 1.29 is 22.7 Å². The molecule has 1 amide bonds. The van der Waals surface area contributed by atoms with Crippen LogP contribution in [0.5, 0.6) is 0 Å². The lowest BCUT2D eigenvalue weighted by Gasteiger charge is -2.36. The third-order valence-electron chi connectivity index (χ3n) is 5.09. The fourth-order valence-corrected chi connectivity index (χ4v) is 5.21. The van der Waals surface area contributed by atoms with Crippen molar-refractivity contribution in [1.82, 2.24) is 4.31 Å². The molecule has 0 fully saturated rings. The van der Waals surface area contributed by atoms with E-state index in [-0.39, 0.29) is 30.4 Å². The molecule has 1 aliphatic rings. The number of hydrogen-bond acceptors (Lipinski definition) is 5. The number of esters is 1. The smallest absolute Gasteiger partial charge is 0.307 e. The normalized spacial score (nSPS) is 16.5. The number of rotatable bonds is 7. The first-order valence-electron chi connectivity index (χ1n) is 10.0. The van der Waals surface area contributed by atoms with Crippen molar-refractivity contribution >= 4 is 27.6 Å². The van der Waals surface area contributed by atoms with Gasteiger partial charge in [-0.05, 0) is 48.7 Å². The van der Waals surface area contributed by atoms with Gasteiger partial charge in [-0.1, -0.05) is 31.2 Å². The van der Waals surface area contributed by atoms with Crippen LogP contribution in [-0.2, 0) is 30.8 Å². The molecule has 0 saturated carbocycles. The van der Waals surface area contributed by atoms with Crippen LogP contribution in [0.2, 0.25) is 0 Å². The van der Waals surface area contributed by atoms with Gasteiger partial charge in [0, 0.05) is 18.7 Å². The Balaban J connectivity index is 1.92. The number of anilines is 1. The largest absolute Gasteiger partial charge is 0.466 e. The first kappa shape index (κ1) is 22.0. The van der Waals surface area contributed by atoms with E-state index in [4.69, 9.17) is 4.74 Å². The van der Waals surface area contributed by atoms with Crippen LogP contribution in [0.4, 0.5) is 5.69 Å². The number of sulfonamides is 1. The molecule has 1 atom stereocenters. The van der Waals surface area contributed by atoms with Crippen LogP contribution in [0.1, 0.15) is 43.9 Å². The molecule has 1 N–H and O–H groups in total. The maximum atomic E-state index is 13.4. The summed E-state index contributed by atoms with van der Waals surface area (Å²) in [6.07, 6.45) is 0.858. The molecule has 0 saturated heterocycles. The van der Waals surface area contributed by atoms with Crippen LogP contribution in [-0.4, -0.2) is 37.8 Å². The minimum atomic E-state index is -3.85. The molecule has 0 bridgehead atoms. The van der Waals surface area contributed by atoms with E-state index < -0.39 is 22.0 Å². The number of fused-ring (bicyclic) bond motifs is 1. The summed E-state index contributed by atoms with van der Waals surface area (Å²) in [5.74, 6) is -0.579. The zero-order valence-corrected chi connectivity index (χ0v) is 17.9. The van der Waals surface area contributed by atoms with Gasteiger partial charge in [-0.3, -0.25) is 9.59 Å². The quantitative estimate of drug-likeness (QED) is 0.681. The van der Waals surface area contributed by atoms with Gasteiger partial charge in [-0.25, -0.2) is 8.42 Å². The van der Waals surface area contributed by atoms with Gasteiger partial charge in [0.1, 0.15) is 0 Å². The number of benzene rings is 2. The molecule has 0 spiro atoms. The number of nitrogens with one attached hydrogen (secondary N) is 1. The molecule has 7 nitrogen and oxygen atoms in total. The molecule has 1 aliphatic heterocycles. The van der Waals surface area contributed by atoms with Crippen molar-refractivity contribution in [3.05, 3.63) is 59.7 Å². The lowest BCUT2D eigenvalue weighted by Crippen LogP contribution is -2.41. The fourth-order valence-electron chi connectivity index (χ4n) is 3.60. The highest BCUT2D eigenvalue weighted by Gasteiger charge is 2.37. The molecule has 2 aromatic rings. The van der Waals surface area contributed by atoms with Crippen LogP contribution in [0.25, 0.3) is 0 Å². The SMILES string of the molecule is CCOC(=O)C[C@H]1c2ccccc2CCN1S(=O)(=O)c1ccc(NC(=O)CC)cc1. The molecule has 1 heterocycles. The summed E-state index contributed by atoms with van der Waals surface area (Å²) in [4.78, 5) is 23.9. The van der Waals surface area contributed by atoms with Gasteiger partial charge < -0.3 is 10.1 Å². The van der Waals surface area contributed by atoms with Crippen molar-refractivity contribution in [2.24, 2.45) is 0 Å². The van der Waals surface area contributed by atoms with Gasteiger partial charge in [-0.2, -0.15) is 4.31 Å². The van der Waals surface area contributed by atoms with Crippen molar-refractivity contribution in [3.63, 3.8) is 0 Å². The number of nitrogens with zero attached hydrogens (tertiary/aromatic N) is 1. The zero-order valence-electron chi connectivity index (χ0n) is 17.1. The Morgan fingerprint density at radius 3 is 2.47 bits per heavy atom. The number of hydrogen-bond donors (Lipinski definition) is 1. The molecule has 0 unspecified atom stereocenters. The second-order valence-corrected chi connectivity index (χ2v) is 8.91. The summed E-state index contributed by atoms with van der Waals surface area (Å²) >= 11 is 0. The highest BCUT2D eigenvalue weighted by molar-refractivity contribution is 7.89. The van der Waals surface area contributed by atoms with E-state index in [1.807, 2.05) is 24.3 Å². The molecule has 0 radical (unpaired) electrons. The van der Waals surface area contributed by atoms with Gasteiger partial charge in [0.25, 0.3) is 0 Å². The van der Waals surface area contributed by atoms with Crippen LogP contribution in [0.15, 0.2) is 53.4 Å². The molecule has 160 valence electrons. The second-order valence-electron chi connectivity index (χ2n) is 7.02. The predicted molar refractivity (Wildman–Crippen MR) is 113 cm³/mol. The first-order valence-corrected chi connectivity index (χ1v) is 11.5. The van der Waals surface area contributed by atoms with Gasteiger partial charge >= 0.3 is 5.97 Å². The Labute approximate surface area is 177 Å². The van der Waals surface area contributed by atoms with Gasteiger partial charge in [0.2, 0.25) is 15.9 Å². The summed E-state index contributed by atoms with van der Waals surface area (Å²) < 4.78 is 33.3. The number of amides is 1. The number of ether oxygens (including phenoxy) is 1. The summed E-state index contributed by atoms with van der Waals surface area (Å²) in [7, 11) is -3.85. The monoisotopic (exact) mass is 430 g/mol. The molecule has 0 aromatic heterocycles. The van der Waals surface area contributed by atoms with E-state index in [0.29, 0.717) is 18.5 Å². The highest BCUT2D eigenvalue weighted by atomic mass is 32.2. The Bertz CT molecular complexity index is 1020. The predicted octanol–water partition coefficient (Wildman–Crippen LogP) is 3.28. The van der Waals surface area contributed by atoms with E-state index in [9.17, 15) is 18.0 Å². The summed E-state index contributed by atoms with van der Waals surface area (Å²) in [5.41, 5.74) is 2.40. The standard InChI is InChI=1S/C22H26N2O5S/c1-3-21(25)23-17-9-11-18(12-10-17)30(27,28)24-14-13-16-7-5-6-8-19(16)20(24)15-22(26)29-4-2/h5-12,20H,3-4,13-15H2,1-2H3,(H,23,25)/t20-/m0/s1. The Hall–Kier alpha value is -2.71. The molecule has 0 aliphatic carbocycles. The Kier molecular flexibility index (Phi) is 6.89. The van der Waals surface area contributed by atoms with Crippen LogP contribution in [0, 0.1) is 0 Å². The van der Waals surface area contributed by atoms with Crippen molar-refractivity contribution in [3.8, 4) is 0 Å². The van der Waals surface area contributed by atoms with E-state index in [0.717, 1.165) is 11.1 Å². The number of carbonyl (C=O) groups excluding carboxylic acids is 2. The summed E-state index contributed by atoms with van der Waals surface area (Å²) in [6.45, 7) is 3.98. The fraction of sp³-hybridized carbons (Fsp3) is 0.364. The molecule has 8 heteroatoms. The van der Waals surface area contributed by atoms with Crippen molar-refractivity contribution in [1.29, 1.82) is 0 Å². The topological polar surface area (TPSA) is 92.8 Å². The van der Waals surface area contributed by atoms with Crippen molar-refractivity contribution in [2.75, 3.05) is 18.5 Å². The van der Waals surface area contributed by atoms with E-state index in [1.54, 1.807) is 26.0 Å². The first-order chi connectivity index (χ1) is 14.4. The summed E-state index contributed by atoms with van der Waals surface area (Å²) in [6, 6.07) is 13.0. The minimum absolute atomic E-state index is 0.0469. The molecular weight excluding hydrogens is 404 g/mol. The molecular formula is C22H26N2O5S. The van der Waals surface area contributed by atoms with Gasteiger partial charge in [0.15, 0.2) is 0 Å². The average Bonchev–Trinajstić information content (AvgIpc) is 2.74. The van der Waals surface area contributed by atoms with E-state index in [1.165, 1.54) is 16.4 Å². The van der Waals surface area contributed by atoms with Crippen LogP contribution >= 0.6 is 0 Å². The third-order valence-corrected chi connectivity index (χ3v) is 7.02. The van der Waals surface area contributed by atoms with Gasteiger partial charge in [-0.15, -0.1) is 0 Å². The zero-order chi connectivity index (χ0) is 21.7. The maximum absolute atomic E-state index is 13.4. The van der Waals surface area contributed by atoms with Gasteiger partial charge in [0.05, 0.1) is 24.0 Å². The lowest BCUT2D eigenvalue weighted by molar-refractivity contribution is -0.144. The van der Waals surface area contributed by atoms with E-state index >= 15 is 0 Å². The Morgan fingerprint density at radius 1 is 1.10 bits per heavy atom. The maximum Gasteiger partial charge on any atom is 0.307 e. The second kappa shape index (κ2) is 9.40. The van der Waals surface area contributed by atoms with Crippen molar-refractivity contribution in [2.45, 2.75) is 44.0 Å². The molecule has 3 rings (SSSR count). The third kappa shape index (κ3) is 4.71.